The molecule has 0 aromatic rings. The van der Waals surface area contributed by atoms with Crippen LogP contribution < -0.4 is 0 Å². The Morgan fingerprint density at radius 1 is 1.36 bits per heavy atom. The quantitative estimate of drug-likeness (QED) is 0.670. The fourth-order valence-corrected chi connectivity index (χ4v) is 2.43. The van der Waals surface area contributed by atoms with Crippen molar-refractivity contribution in [3.05, 3.63) is 10.6 Å². The lowest BCUT2D eigenvalue weighted by Crippen LogP contribution is -2.46. The highest BCUT2D eigenvalue weighted by Gasteiger charge is 2.49. The van der Waals surface area contributed by atoms with Crippen LogP contribution in [0.25, 0.3) is 0 Å². The molecule has 4 nitrogen and oxygen atoms in total. The minimum atomic E-state index is -0.928. The van der Waals surface area contributed by atoms with E-state index in [1.165, 1.54) is 6.08 Å². The van der Waals surface area contributed by atoms with Gasteiger partial charge in [0, 0.05) is 4.48 Å². The van der Waals surface area contributed by atoms with Crippen LogP contribution >= 0.6 is 15.9 Å². The molecule has 5 heteroatoms. The van der Waals surface area contributed by atoms with Crippen LogP contribution in [-0.2, 0) is 9.47 Å². The molecular weight excluding hydrogens is 252 g/mol. The van der Waals surface area contributed by atoms with E-state index in [2.05, 4.69) is 15.9 Å². The van der Waals surface area contributed by atoms with E-state index in [0.29, 0.717) is 0 Å². The van der Waals surface area contributed by atoms with Crippen molar-refractivity contribution in [2.24, 2.45) is 0 Å². The smallest absolute Gasteiger partial charge is 0.164 e. The maximum atomic E-state index is 9.68. The Morgan fingerprint density at radius 3 is 2.64 bits per heavy atom. The maximum Gasteiger partial charge on any atom is 0.164 e. The maximum absolute atomic E-state index is 9.68. The molecule has 1 fully saturated rings. The van der Waals surface area contributed by atoms with E-state index in [9.17, 15) is 10.2 Å². The topological polar surface area (TPSA) is 58.9 Å². The van der Waals surface area contributed by atoms with Crippen molar-refractivity contribution >= 4 is 15.9 Å². The van der Waals surface area contributed by atoms with Gasteiger partial charge in [0.2, 0.25) is 0 Å². The molecule has 2 N–H and O–H groups in total. The molecule has 1 saturated heterocycles. The van der Waals surface area contributed by atoms with E-state index >= 15 is 0 Å². The first kappa shape index (κ1) is 10.6. The molecule has 0 aromatic carbocycles. The molecule has 1 aliphatic carbocycles. The van der Waals surface area contributed by atoms with Gasteiger partial charge in [-0.25, -0.2) is 0 Å². The van der Waals surface area contributed by atoms with Crippen molar-refractivity contribution in [3.8, 4) is 0 Å². The molecule has 2 aliphatic rings. The number of rotatable bonds is 0. The second-order valence-electron chi connectivity index (χ2n) is 4.05. The van der Waals surface area contributed by atoms with Crippen LogP contribution in [0, 0.1) is 0 Å². The third kappa shape index (κ3) is 1.63. The largest absolute Gasteiger partial charge is 0.387 e. The van der Waals surface area contributed by atoms with Gasteiger partial charge in [0.25, 0.3) is 0 Å². The van der Waals surface area contributed by atoms with E-state index in [4.69, 9.17) is 9.47 Å². The summed E-state index contributed by atoms with van der Waals surface area (Å²) < 4.78 is 11.8. The Labute approximate surface area is 90.6 Å². The van der Waals surface area contributed by atoms with Crippen LogP contribution in [0.5, 0.6) is 0 Å². The van der Waals surface area contributed by atoms with Crippen LogP contribution in [0.2, 0.25) is 0 Å². The van der Waals surface area contributed by atoms with Gasteiger partial charge in [-0.15, -0.1) is 0 Å². The minimum absolute atomic E-state index is 0.316. The van der Waals surface area contributed by atoms with Gasteiger partial charge in [-0.05, 0) is 19.9 Å². The standard InChI is InChI=1S/C9H13BrO4/c1-9(2)13-7-4(10)3-5(11)6(12)8(7)14-9/h3,5-8,11-12H,1-2H3/t5-,6+,7-,8+/m1/s1. The number of fused-ring (bicyclic) bond motifs is 1. The predicted molar refractivity (Wildman–Crippen MR) is 52.8 cm³/mol. The molecule has 80 valence electrons. The molecule has 0 radical (unpaired) electrons. The normalized spacial score (nSPS) is 45.9. The summed E-state index contributed by atoms with van der Waals surface area (Å²) in [6, 6.07) is 0. The van der Waals surface area contributed by atoms with Crippen molar-refractivity contribution in [2.75, 3.05) is 0 Å². The Bertz CT molecular complexity index is 276. The summed E-state index contributed by atoms with van der Waals surface area (Å²) in [5.41, 5.74) is 0. The molecule has 2 rings (SSSR count). The number of hydrogen-bond acceptors (Lipinski definition) is 4. The minimum Gasteiger partial charge on any atom is -0.387 e. The molecule has 0 amide bonds. The first-order valence-electron chi connectivity index (χ1n) is 4.50. The average molecular weight is 265 g/mol. The fraction of sp³-hybridized carbons (Fsp3) is 0.778. The van der Waals surface area contributed by atoms with E-state index in [1.807, 2.05) is 0 Å². The van der Waals surface area contributed by atoms with Gasteiger partial charge >= 0.3 is 0 Å². The number of ether oxygens (including phenoxy) is 2. The summed E-state index contributed by atoms with van der Waals surface area (Å²) in [5.74, 6) is -0.715. The Hall–Kier alpha value is 0.0600. The van der Waals surface area contributed by atoms with E-state index in [1.54, 1.807) is 13.8 Å². The fourth-order valence-electron chi connectivity index (χ4n) is 1.80. The molecule has 14 heavy (non-hydrogen) atoms. The molecule has 0 bridgehead atoms. The molecular formula is C9H13BrO4. The van der Waals surface area contributed by atoms with Crippen molar-refractivity contribution in [1.82, 2.24) is 0 Å². The van der Waals surface area contributed by atoms with Gasteiger partial charge in [0.05, 0.1) is 0 Å². The molecule has 0 aromatic heterocycles. The molecule has 4 atom stereocenters. The van der Waals surface area contributed by atoms with E-state index in [-0.39, 0.29) is 6.10 Å². The Kier molecular flexibility index (Phi) is 2.48. The average Bonchev–Trinajstić information content (AvgIpc) is 2.38. The zero-order chi connectivity index (χ0) is 10.5. The third-order valence-electron chi connectivity index (χ3n) is 2.42. The highest BCUT2D eigenvalue weighted by molar-refractivity contribution is 9.11. The molecule has 0 unspecified atom stereocenters. The lowest BCUT2D eigenvalue weighted by Gasteiger charge is -2.29. The summed E-state index contributed by atoms with van der Waals surface area (Å²) in [4.78, 5) is 0. The van der Waals surface area contributed by atoms with Crippen molar-refractivity contribution in [1.29, 1.82) is 0 Å². The molecule has 1 aliphatic heterocycles. The summed E-state index contributed by atoms with van der Waals surface area (Å²) >= 11 is 3.30. The van der Waals surface area contributed by atoms with Gasteiger partial charge < -0.3 is 19.7 Å². The van der Waals surface area contributed by atoms with Crippen molar-refractivity contribution in [2.45, 2.75) is 44.1 Å². The van der Waals surface area contributed by atoms with E-state index < -0.39 is 24.1 Å². The number of aliphatic hydroxyl groups excluding tert-OH is 2. The van der Waals surface area contributed by atoms with Gasteiger partial charge in [-0.3, -0.25) is 0 Å². The second kappa shape index (κ2) is 3.28. The summed E-state index contributed by atoms with van der Waals surface area (Å²) in [6.07, 6.45) is -1.11. The highest BCUT2D eigenvalue weighted by Crippen LogP contribution is 2.39. The predicted octanol–water partition coefficient (Wildman–Crippen LogP) is 0.521. The van der Waals surface area contributed by atoms with Crippen molar-refractivity contribution in [3.63, 3.8) is 0 Å². The number of aliphatic hydroxyl groups is 2. The molecule has 0 spiro atoms. The van der Waals surface area contributed by atoms with Crippen LogP contribution in [0.4, 0.5) is 0 Å². The number of halogens is 1. The van der Waals surface area contributed by atoms with Gasteiger partial charge in [0.15, 0.2) is 5.79 Å². The first-order valence-corrected chi connectivity index (χ1v) is 5.29. The lowest BCUT2D eigenvalue weighted by atomic mass is 9.96. The monoisotopic (exact) mass is 264 g/mol. The summed E-state index contributed by atoms with van der Waals surface area (Å²) in [6.45, 7) is 3.56. The zero-order valence-corrected chi connectivity index (χ0v) is 9.56. The highest BCUT2D eigenvalue weighted by atomic mass is 79.9. The molecule has 0 saturated carbocycles. The Morgan fingerprint density at radius 2 is 2.00 bits per heavy atom. The molecule has 1 heterocycles. The van der Waals surface area contributed by atoms with Gasteiger partial charge in [-0.1, -0.05) is 15.9 Å². The SMILES string of the molecule is CC1(C)O[C@H]2[C@@H](O)[C@H](O)C=C(Br)[C@H]2O1. The van der Waals surface area contributed by atoms with Crippen LogP contribution in [-0.4, -0.2) is 40.4 Å². The van der Waals surface area contributed by atoms with Crippen LogP contribution in [0.1, 0.15) is 13.8 Å². The van der Waals surface area contributed by atoms with E-state index in [0.717, 1.165) is 4.48 Å². The first-order chi connectivity index (χ1) is 6.41. The second-order valence-corrected chi connectivity index (χ2v) is 4.97. The summed E-state index contributed by atoms with van der Waals surface area (Å²) in [5, 5.41) is 19.2. The van der Waals surface area contributed by atoms with Crippen LogP contribution in [0.15, 0.2) is 10.6 Å². The van der Waals surface area contributed by atoms with Crippen molar-refractivity contribution < 1.29 is 19.7 Å². The van der Waals surface area contributed by atoms with Gasteiger partial charge in [0.1, 0.15) is 24.4 Å². The number of hydrogen-bond donors (Lipinski definition) is 2. The summed E-state index contributed by atoms with van der Waals surface area (Å²) in [7, 11) is 0. The van der Waals surface area contributed by atoms with Crippen LogP contribution in [0.3, 0.4) is 0 Å². The van der Waals surface area contributed by atoms with Gasteiger partial charge in [-0.2, -0.15) is 0 Å². The third-order valence-corrected chi connectivity index (χ3v) is 3.13. The Balaban J connectivity index is 2.27. The zero-order valence-electron chi connectivity index (χ0n) is 7.98. The lowest BCUT2D eigenvalue weighted by molar-refractivity contribution is -0.158.